The maximum atomic E-state index is 9.39. The van der Waals surface area contributed by atoms with Gasteiger partial charge in [-0.3, -0.25) is 0 Å². The fourth-order valence-electron chi connectivity index (χ4n) is 5.60. The lowest BCUT2D eigenvalue weighted by atomic mass is 9.99. The molecule has 37 heavy (non-hydrogen) atoms. The predicted molar refractivity (Wildman–Crippen MR) is 153 cm³/mol. The molecule has 0 amide bonds. The summed E-state index contributed by atoms with van der Waals surface area (Å²) in [6.45, 7) is 7.28. The van der Waals surface area contributed by atoms with E-state index in [1.54, 1.807) is 0 Å². The lowest BCUT2D eigenvalue weighted by molar-refractivity contribution is 0.0321. The first-order valence-corrected chi connectivity index (χ1v) is 14.4. The number of ether oxygens (including phenoxy) is 3. The molecule has 1 N–H and O–H groups in total. The van der Waals surface area contributed by atoms with Gasteiger partial charge in [-0.15, -0.1) is 0 Å². The lowest BCUT2D eigenvalue weighted by Crippen LogP contribution is -2.33. The zero-order valence-corrected chi connectivity index (χ0v) is 22.8. The van der Waals surface area contributed by atoms with Crippen LogP contribution < -0.4 is 4.74 Å². The molecule has 1 aliphatic carbocycles. The van der Waals surface area contributed by atoms with Crippen LogP contribution in [0.5, 0.6) is 5.75 Å². The molecule has 1 aliphatic rings. The molecular formula is C31H36NO4S+. The Balaban J connectivity index is 1.25. The molecule has 0 aliphatic heterocycles. The van der Waals surface area contributed by atoms with E-state index < -0.39 is 0 Å². The molecular weight excluding hydrogens is 482 g/mol. The molecule has 5 nitrogen and oxygen atoms in total. The van der Waals surface area contributed by atoms with Gasteiger partial charge >= 0.3 is 0 Å². The first-order valence-electron chi connectivity index (χ1n) is 13.2. The summed E-state index contributed by atoms with van der Waals surface area (Å²) in [4.78, 5) is 1.31. The second-order valence-electron chi connectivity index (χ2n) is 9.93. The highest BCUT2D eigenvalue weighted by molar-refractivity contribution is 7.50. The largest absolute Gasteiger partial charge is 0.491 e. The average molecular weight is 519 g/mol. The van der Waals surface area contributed by atoms with Crippen molar-refractivity contribution in [2.24, 2.45) is 5.16 Å². The molecule has 1 heterocycles. The van der Waals surface area contributed by atoms with Crippen LogP contribution in [0.3, 0.4) is 0 Å². The molecule has 0 saturated heterocycles. The third-order valence-electron chi connectivity index (χ3n) is 7.48. The summed E-state index contributed by atoms with van der Waals surface area (Å²) in [5, 5.41) is 15.4. The predicted octanol–water partition coefficient (Wildman–Crippen LogP) is 8.27. The summed E-state index contributed by atoms with van der Waals surface area (Å²) in [7, 11) is -0.122. The molecule has 0 spiro atoms. The van der Waals surface area contributed by atoms with E-state index in [-0.39, 0.29) is 28.6 Å². The van der Waals surface area contributed by atoms with Gasteiger partial charge in [-0.25, -0.2) is 0 Å². The van der Waals surface area contributed by atoms with E-state index in [2.05, 4.69) is 86.6 Å². The highest BCUT2D eigenvalue weighted by Gasteiger charge is 2.35. The summed E-state index contributed by atoms with van der Waals surface area (Å²) < 4.78 is 20.7. The molecule has 0 unspecified atom stereocenters. The van der Waals surface area contributed by atoms with Crippen molar-refractivity contribution in [2.45, 2.75) is 58.5 Å². The van der Waals surface area contributed by atoms with Crippen LogP contribution in [0.4, 0.5) is 0 Å². The molecule has 194 valence electrons. The second kappa shape index (κ2) is 11.1. The van der Waals surface area contributed by atoms with Gasteiger partial charge in [-0.1, -0.05) is 36.3 Å². The molecule has 6 heteroatoms. The summed E-state index contributed by atoms with van der Waals surface area (Å²) in [5.74, 6) is 1.15. The van der Waals surface area contributed by atoms with Crippen molar-refractivity contribution in [2.75, 3.05) is 19.8 Å². The van der Waals surface area contributed by atoms with Crippen molar-refractivity contribution in [1.82, 2.24) is 0 Å². The highest BCUT2D eigenvalue weighted by Crippen LogP contribution is 2.49. The third kappa shape index (κ3) is 5.18. The summed E-state index contributed by atoms with van der Waals surface area (Å²) >= 11 is 0. The summed E-state index contributed by atoms with van der Waals surface area (Å²) in [6, 6.07) is 22.0. The standard InChI is InChI=1S/C31H35NO4S/c1-4-31(15-9-10-16-31)36-29(32-33)21-34-17-18-35-30-22(2)19-24(20-23(30)3)37-27-13-7-5-11-25(27)26-12-6-8-14-28(26)37/h5-8,11-14,19-20H,4,9-10,15-18,21H2,1-3H3/p+1. The van der Waals surface area contributed by atoms with Gasteiger partial charge in [0.25, 0.3) is 5.90 Å². The van der Waals surface area contributed by atoms with Crippen molar-refractivity contribution >= 4 is 36.5 Å². The normalized spacial score (nSPS) is 15.5. The monoisotopic (exact) mass is 518 g/mol. The minimum Gasteiger partial charge on any atom is -0.491 e. The van der Waals surface area contributed by atoms with Crippen LogP contribution in [0.15, 0.2) is 65.8 Å². The van der Waals surface area contributed by atoms with Gasteiger partial charge in [-0.05, 0) is 81.3 Å². The highest BCUT2D eigenvalue weighted by atomic mass is 32.2. The zero-order valence-electron chi connectivity index (χ0n) is 22.0. The van der Waals surface area contributed by atoms with E-state index in [9.17, 15) is 5.21 Å². The molecule has 1 fully saturated rings. The molecule has 1 aromatic heterocycles. The van der Waals surface area contributed by atoms with E-state index in [0.29, 0.717) is 13.2 Å². The lowest BCUT2D eigenvalue weighted by Gasteiger charge is -2.28. The Morgan fingerprint density at radius 1 is 0.919 bits per heavy atom. The smallest absolute Gasteiger partial charge is 0.252 e. The molecule has 5 rings (SSSR count). The number of hydrogen-bond acceptors (Lipinski definition) is 5. The maximum Gasteiger partial charge on any atom is 0.252 e. The molecule has 0 bridgehead atoms. The van der Waals surface area contributed by atoms with Crippen LogP contribution in [0.25, 0.3) is 25.1 Å². The summed E-state index contributed by atoms with van der Waals surface area (Å²) in [5.41, 5.74) is 2.03. The number of fused-ring (bicyclic) bond motifs is 3. The van der Waals surface area contributed by atoms with Crippen LogP contribution in [-0.4, -0.2) is 36.5 Å². The number of thiophene rings is 1. The Morgan fingerprint density at radius 2 is 1.51 bits per heavy atom. The fourth-order valence-corrected chi connectivity index (χ4v) is 8.16. The third-order valence-corrected chi connectivity index (χ3v) is 9.78. The van der Waals surface area contributed by atoms with Crippen LogP contribution >= 0.6 is 10.5 Å². The number of oxime groups is 1. The Labute approximate surface area is 221 Å². The van der Waals surface area contributed by atoms with Gasteiger partial charge in [0.1, 0.15) is 24.6 Å². The molecule has 0 atom stereocenters. The first-order chi connectivity index (χ1) is 18.0. The van der Waals surface area contributed by atoms with Gasteiger partial charge < -0.3 is 19.4 Å². The van der Waals surface area contributed by atoms with E-state index in [0.717, 1.165) is 49.0 Å². The van der Waals surface area contributed by atoms with Gasteiger partial charge in [0.15, 0.2) is 14.3 Å². The van der Waals surface area contributed by atoms with E-state index in [1.165, 1.54) is 25.1 Å². The number of aryl methyl sites for hydroxylation is 2. The number of nitrogens with zero attached hydrogens (tertiary/aromatic N) is 1. The second-order valence-corrected chi connectivity index (χ2v) is 11.9. The van der Waals surface area contributed by atoms with E-state index in [1.807, 2.05) is 0 Å². The number of rotatable bonds is 9. The van der Waals surface area contributed by atoms with Crippen LogP contribution in [0, 0.1) is 13.8 Å². The Morgan fingerprint density at radius 3 is 2.08 bits per heavy atom. The zero-order chi connectivity index (χ0) is 25.8. The van der Waals surface area contributed by atoms with E-state index >= 15 is 0 Å². The molecule has 3 aromatic carbocycles. The SMILES string of the molecule is CCC1(OC(COCCOc2c(C)cc(-[s+]3c4ccccc4c4ccccc43)cc2C)=NO)CCCC1. The molecule has 0 radical (unpaired) electrons. The molecule has 4 aromatic rings. The Bertz CT molecular complexity index is 1340. The average Bonchev–Trinajstić information content (AvgIpc) is 3.52. The Kier molecular flexibility index (Phi) is 7.68. The van der Waals surface area contributed by atoms with Crippen LogP contribution in [0.1, 0.15) is 50.2 Å². The minimum absolute atomic E-state index is 0.122. The fraction of sp³-hybridized carbons (Fsp3) is 0.387. The van der Waals surface area contributed by atoms with Crippen molar-refractivity contribution in [3.63, 3.8) is 0 Å². The van der Waals surface area contributed by atoms with Gasteiger partial charge in [0, 0.05) is 33.4 Å². The van der Waals surface area contributed by atoms with E-state index in [4.69, 9.17) is 14.2 Å². The van der Waals surface area contributed by atoms with Crippen LogP contribution in [0.2, 0.25) is 0 Å². The summed E-state index contributed by atoms with van der Waals surface area (Å²) in [6.07, 6.45) is 5.21. The van der Waals surface area contributed by atoms with Crippen LogP contribution in [-0.2, 0) is 9.47 Å². The van der Waals surface area contributed by atoms with Gasteiger partial charge in [0.2, 0.25) is 0 Å². The maximum absolute atomic E-state index is 9.39. The van der Waals surface area contributed by atoms with Crippen molar-refractivity contribution in [3.8, 4) is 10.6 Å². The van der Waals surface area contributed by atoms with Gasteiger partial charge in [-0.2, -0.15) is 0 Å². The Hall–Kier alpha value is -3.09. The van der Waals surface area contributed by atoms with Gasteiger partial charge in [0.05, 0.1) is 6.61 Å². The minimum atomic E-state index is -0.210. The number of hydrogen-bond donors (Lipinski definition) is 1. The number of benzene rings is 3. The topological polar surface area (TPSA) is 60.3 Å². The van der Waals surface area contributed by atoms with Crippen molar-refractivity contribution in [3.05, 3.63) is 71.8 Å². The first kappa shape index (κ1) is 25.6. The van der Waals surface area contributed by atoms with Crippen molar-refractivity contribution < 1.29 is 19.4 Å². The van der Waals surface area contributed by atoms with Crippen molar-refractivity contribution in [1.29, 1.82) is 0 Å². The quantitative estimate of drug-likeness (QED) is 0.0605. The molecule has 1 saturated carbocycles.